The lowest BCUT2D eigenvalue weighted by molar-refractivity contribution is 0.0375. The Kier molecular flexibility index (Phi) is 4.76. The molecule has 1 saturated heterocycles. The topological polar surface area (TPSA) is 57.6 Å². The maximum absolute atomic E-state index is 11.6. The fraction of sp³-hybridized carbons (Fsp3) is 1.00. The van der Waals surface area contributed by atoms with Gasteiger partial charge in [0.05, 0.1) is 17.1 Å². The molecule has 1 fully saturated rings. The van der Waals surface area contributed by atoms with Crippen LogP contribution < -0.4 is 0 Å². The van der Waals surface area contributed by atoms with Gasteiger partial charge in [-0.1, -0.05) is 6.92 Å². The molecule has 0 saturated carbocycles. The fourth-order valence-electron chi connectivity index (χ4n) is 1.91. The number of piperidine rings is 1. The van der Waals surface area contributed by atoms with Crippen LogP contribution in [0.2, 0.25) is 0 Å². The first-order chi connectivity index (χ1) is 7.33. The molecule has 2 atom stereocenters. The number of sulfone groups is 1. The predicted molar refractivity (Wildman–Crippen MR) is 65.2 cm³/mol. The second-order valence-electron chi connectivity index (χ2n) is 5.05. The van der Waals surface area contributed by atoms with E-state index in [0.717, 1.165) is 19.5 Å². The van der Waals surface area contributed by atoms with Gasteiger partial charge in [0.25, 0.3) is 0 Å². The summed E-state index contributed by atoms with van der Waals surface area (Å²) in [5.41, 5.74) is 0. The zero-order valence-electron chi connectivity index (χ0n) is 10.4. The van der Waals surface area contributed by atoms with Crippen LogP contribution in [0.3, 0.4) is 0 Å². The van der Waals surface area contributed by atoms with Crippen molar-refractivity contribution in [1.29, 1.82) is 0 Å². The van der Waals surface area contributed by atoms with E-state index in [1.807, 2.05) is 6.92 Å². The molecule has 0 amide bonds. The van der Waals surface area contributed by atoms with Crippen LogP contribution in [0.1, 0.15) is 27.2 Å². The molecule has 0 spiro atoms. The standard InChI is InChI=1S/C11H23NO3S/c1-9(2)16(14,15)7-6-12-5-4-11(13)10(3)8-12/h9-11,13H,4-8H2,1-3H3. The van der Waals surface area contributed by atoms with Crippen molar-refractivity contribution in [3.63, 3.8) is 0 Å². The van der Waals surface area contributed by atoms with Crippen LogP contribution >= 0.6 is 0 Å². The Morgan fingerprint density at radius 1 is 1.44 bits per heavy atom. The summed E-state index contributed by atoms with van der Waals surface area (Å²) in [5, 5.41) is 9.28. The van der Waals surface area contributed by atoms with E-state index in [-0.39, 0.29) is 23.0 Å². The number of likely N-dealkylation sites (tertiary alicyclic amines) is 1. The summed E-state index contributed by atoms with van der Waals surface area (Å²) in [6.45, 7) is 7.65. The predicted octanol–water partition coefficient (Wildman–Crippen LogP) is 0.512. The van der Waals surface area contributed by atoms with E-state index in [9.17, 15) is 13.5 Å². The minimum atomic E-state index is -2.93. The molecule has 0 radical (unpaired) electrons. The largest absolute Gasteiger partial charge is 0.393 e. The molecule has 16 heavy (non-hydrogen) atoms. The number of nitrogens with zero attached hydrogens (tertiary/aromatic N) is 1. The molecule has 1 N–H and O–H groups in total. The van der Waals surface area contributed by atoms with Crippen LogP contribution in [0.25, 0.3) is 0 Å². The van der Waals surface area contributed by atoms with Gasteiger partial charge in [-0.05, 0) is 26.2 Å². The van der Waals surface area contributed by atoms with E-state index in [0.29, 0.717) is 6.54 Å². The minimum Gasteiger partial charge on any atom is -0.393 e. The summed E-state index contributed by atoms with van der Waals surface area (Å²) in [5.74, 6) is 0.475. The van der Waals surface area contributed by atoms with Gasteiger partial charge >= 0.3 is 0 Å². The summed E-state index contributed by atoms with van der Waals surface area (Å²) < 4.78 is 23.3. The number of hydrogen-bond donors (Lipinski definition) is 1. The van der Waals surface area contributed by atoms with Gasteiger partial charge in [0.2, 0.25) is 0 Å². The highest BCUT2D eigenvalue weighted by molar-refractivity contribution is 7.92. The Morgan fingerprint density at radius 2 is 2.06 bits per heavy atom. The zero-order chi connectivity index (χ0) is 12.3. The molecule has 1 aliphatic rings. The van der Waals surface area contributed by atoms with Crippen molar-refractivity contribution in [1.82, 2.24) is 4.90 Å². The Labute approximate surface area is 98.6 Å². The number of aliphatic hydroxyl groups is 1. The smallest absolute Gasteiger partial charge is 0.153 e. The number of aliphatic hydroxyl groups excluding tert-OH is 1. The van der Waals surface area contributed by atoms with Crippen molar-refractivity contribution in [3.8, 4) is 0 Å². The first-order valence-electron chi connectivity index (χ1n) is 5.95. The Hall–Kier alpha value is -0.130. The third-order valence-corrected chi connectivity index (χ3v) is 5.54. The van der Waals surface area contributed by atoms with Crippen molar-refractivity contribution in [2.45, 2.75) is 38.5 Å². The van der Waals surface area contributed by atoms with Gasteiger partial charge in [0, 0.05) is 19.6 Å². The summed E-state index contributed by atoms with van der Waals surface area (Å²) >= 11 is 0. The minimum absolute atomic E-state index is 0.224. The van der Waals surface area contributed by atoms with E-state index in [1.165, 1.54) is 0 Å². The van der Waals surface area contributed by atoms with Crippen LogP contribution in [0, 0.1) is 5.92 Å². The van der Waals surface area contributed by atoms with Gasteiger partial charge in [-0.3, -0.25) is 0 Å². The van der Waals surface area contributed by atoms with Crippen molar-refractivity contribution < 1.29 is 13.5 Å². The lowest BCUT2D eigenvalue weighted by Gasteiger charge is -2.34. The SMILES string of the molecule is CC1CN(CCS(=O)(=O)C(C)C)CCC1O. The van der Waals surface area contributed by atoms with E-state index >= 15 is 0 Å². The lowest BCUT2D eigenvalue weighted by Crippen LogP contribution is -2.44. The number of hydrogen-bond acceptors (Lipinski definition) is 4. The molecular weight excluding hydrogens is 226 g/mol. The molecule has 2 unspecified atom stereocenters. The van der Waals surface area contributed by atoms with Gasteiger partial charge < -0.3 is 10.0 Å². The number of rotatable bonds is 4. The second kappa shape index (κ2) is 5.47. The van der Waals surface area contributed by atoms with E-state index in [4.69, 9.17) is 0 Å². The van der Waals surface area contributed by atoms with Gasteiger partial charge in [-0.25, -0.2) is 8.42 Å². The van der Waals surface area contributed by atoms with Crippen LogP contribution in [-0.4, -0.2) is 55.2 Å². The zero-order valence-corrected chi connectivity index (χ0v) is 11.2. The lowest BCUT2D eigenvalue weighted by atomic mass is 9.97. The first-order valence-corrected chi connectivity index (χ1v) is 7.66. The average molecular weight is 249 g/mol. The van der Waals surface area contributed by atoms with E-state index in [1.54, 1.807) is 13.8 Å². The first kappa shape index (κ1) is 13.9. The van der Waals surface area contributed by atoms with Gasteiger partial charge in [-0.15, -0.1) is 0 Å². The maximum Gasteiger partial charge on any atom is 0.153 e. The second-order valence-corrected chi connectivity index (χ2v) is 7.73. The third kappa shape index (κ3) is 3.71. The molecular formula is C11H23NO3S. The molecule has 0 aliphatic carbocycles. The van der Waals surface area contributed by atoms with Crippen molar-refractivity contribution in [2.75, 3.05) is 25.4 Å². The van der Waals surface area contributed by atoms with Crippen molar-refractivity contribution in [3.05, 3.63) is 0 Å². The van der Waals surface area contributed by atoms with Gasteiger partial charge in [-0.2, -0.15) is 0 Å². The summed E-state index contributed by atoms with van der Waals surface area (Å²) in [4.78, 5) is 2.14. The molecule has 1 rings (SSSR count). The quantitative estimate of drug-likeness (QED) is 0.789. The molecule has 0 aromatic heterocycles. The Balaban J connectivity index is 2.40. The highest BCUT2D eigenvalue weighted by Gasteiger charge is 2.25. The molecule has 0 bridgehead atoms. The summed E-state index contributed by atoms with van der Waals surface area (Å²) in [6, 6.07) is 0. The highest BCUT2D eigenvalue weighted by Crippen LogP contribution is 2.16. The molecule has 1 aliphatic heterocycles. The van der Waals surface area contributed by atoms with Gasteiger partial charge in [0.1, 0.15) is 0 Å². The normalized spacial score (nSPS) is 28.6. The Bertz CT molecular complexity index is 313. The molecule has 0 aromatic carbocycles. The Morgan fingerprint density at radius 3 is 2.56 bits per heavy atom. The van der Waals surface area contributed by atoms with E-state index < -0.39 is 9.84 Å². The average Bonchev–Trinajstić information content (AvgIpc) is 2.20. The van der Waals surface area contributed by atoms with Crippen LogP contribution in [0.5, 0.6) is 0 Å². The fourth-order valence-corrected chi connectivity index (χ4v) is 2.90. The molecule has 4 nitrogen and oxygen atoms in total. The van der Waals surface area contributed by atoms with Crippen LogP contribution in [-0.2, 0) is 9.84 Å². The highest BCUT2D eigenvalue weighted by atomic mass is 32.2. The monoisotopic (exact) mass is 249 g/mol. The van der Waals surface area contributed by atoms with Crippen molar-refractivity contribution in [2.24, 2.45) is 5.92 Å². The molecule has 96 valence electrons. The van der Waals surface area contributed by atoms with Gasteiger partial charge in [0.15, 0.2) is 9.84 Å². The molecule has 0 aromatic rings. The summed E-state index contributed by atoms with van der Waals surface area (Å²) in [6.07, 6.45) is 0.529. The summed E-state index contributed by atoms with van der Waals surface area (Å²) in [7, 11) is -2.93. The van der Waals surface area contributed by atoms with Crippen molar-refractivity contribution >= 4 is 9.84 Å². The van der Waals surface area contributed by atoms with Crippen LogP contribution in [0.15, 0.2) is 0 Å². The molecule has 5 heteroatoms. The van der Waals surface area contributed by atoms with Crippen LogP contribution in [0.4, 0.5) is 0 Å². The maximum atomic E-state index is 11.6. The van der Waals surface area contributed by atoms with E-state index in [2.05, 4.69) is 4.90 Å². The third-order valence-electron chi connectivity index (χ3n) is 3.35. The molecule has 1 heterocycles.